The van der Waals surface area contributed by atoms with Gasteiger partial charge in [-0.15, -0.1) is 0 Å². The van der Waals surface area contributed by atoms with Crippen molar-refractivity contribution < 1.29 is 14.7 Å². The van der Waals surface area contributed by atoms with Crippen LogP contribution in [0.5, 0.6) is 0 Å². The molecule has 92 valence electrons. The van der Waals surface area contributed by atoms with Crippen LogP contribution in [-0.4, -0.2) is 54.4 Å². The Balaban J connectivity index is 2.12. The first-order valence-corrected chi connectivity index (χ1v) is 5.22. The van der Waals surface area contributed by atoms with E-state index in [-0.39, 0.29) is 12.2 Å². The number of carboxylic acid groups (broad SMARTS) is 1. The monoisotopic (exact) mass is 230 g/mol. The first-order chi connectivity index (χ1) is 7.50. The zero-order valence-electron chi connectivity index (χ0n) is 9.27. The zero-order chi connectivity index (χ0) is 12.1. The van der Waals surface area contributed by atoms with Gasteiger partial charge >= 0.3 is 5.97 Å². The van der Waals surface area contributed by atoms with E-state index in [0.717, 1.165) is 0 Å². The van der Waals surface area contributed by atoms with Gasteiger partial charge in [0.05, 0.1) is 6.54 Å². The highest BCUT2D eigenvalue weighted by atomic mass is 16.4. The van der Waals surface area contributed by atoms with Crippen molar-refractivity contribution in [3.05, 3.63) is 0 Å². The summed E-state index contributed by atoms with van der Waals surface area (Å²) in [7, 11) is 1.83. The fourth-order valence-corrected chi connectivity index (χ4v) is 1.52. The fraction of sp³-hybridized carbons (Fsp3) is 0.778. The molecule has 0 aromatic rings. The van der Waals surface area contributed by atoms with Gasteiger partial charge < -0.3 is 16.2 Å². The van der Waals surface area contributed by atoms with Gasteiger partial charge in [-0.1, -0.05) is 0 Å². The lowest BCUT2D eigenvalue weighted by atomic mass is 10.2. The second kappa shape index (κ2) is 5.78. The first kappa shape index (κ1) is 12.9. The minimum absolute atomic E-state index is 0.0118. The van der Waals surface area contributed by atoms with Crippen molar-refractivity contribution in [2.45, 2.75) is 25.2 Å². The SMILES string of the molecule is CN1CC(=O)NC1NCCCC(N)C(=O)O. The van der Waals surface area contributed by atoms with Crippen molar-refractivity contribution in [2.24, 2.45) is 5.73 Å². The van der Waals surface area contributed by atoms with Gasteiger partial charge in [-0.2, -0.15) is 0 Å². The summed E-state index contributed by atoms with van der Waals surface area (Å²) < 4.78 is 0. The van der Waals surface area contributed by atoms with E-state index in [1.807, 2.05) is 11.9 Å². The van der Waals surface area contributed by atoms with Gasteiger partial charge in [-0.3, -0.25) is 19.8 Å². The number of hydrogen-bond donors (Lipinski definition) is 4. The summed E-state index contributed by atoms with van der Waals surface area (Å²) in [4.78, 5) is 23.3. The Morgan fingerprint density at radius 1 is 1.81 bits per heavy atom. The number of nitrogens with zero attached hydrogens (tertiary/aromatic N) is 1. The van der Waals surface area contributed by atoms with E-state index in [0.29, 0.717) is 25.9 Å². The average Bonchev–Trinajstić information content (AvgIpc) is 2.51. The minimum Gasteiger partial charge on any atom is -0.480 e. The molecule has 0 radical (unpaired) electrons. The third-order valence-corrected chi connectivity index (χ3v) is 2.48. The lowest BCUT2D eigenvalue weighted by Gasteiger charge is -2.19. The summed E-state index contributed by atoms with van der Waals surface area (Å²) in [5.74, 6) is -0.992. The van der Waals surface area contributed by atoms with Crippen LogP contribution in [0.2, 0.25) is 0 Å². The van der Waals surface area contributed by atoms with Gasteiger partial charge in [0.1, 0.15) is 12.3 Å². The quantitative estimate of drug-likeness (QED) is 0.397. The predicted octanol–water partition coefficient (Wildman–Crippen LogP) is -1.89. The molecule has 1 saturated heterocycles. The van der Waals surface area contributed by atoms with Crippen LogP contribution in [0.15, 0.2) is 0 Å². The average molecular weight is 230 g/mol. The molecule has 1 aliphatic heterocycles. The lowest BCUT2D eigenvalue weighted by molar-refractivity contribution is -0.138. The van der Waals surface area contributed by atoms with Gasteiger partial charge in [-0.05, 0) is 26.4 Å². The van der Waals surface area contributed by atoms with Gasteiger partial charge in [0.2, 0.25) is 5.91 Å². The van der Waals surface area contributed by atoms with E-state index in [1.165, 1.54) is 0 Å². The number of rotatable bonds is 6. The van der Waals surface area contributed by atoms with Crippen molar-refractivity contribution in [2.75, 3.05) is 20.1 Å². The van der Waals surface area contributed by atoms with Crippen LogP contribution in [0.25, 0.3) is 0 Å². The molecule has 5 N–H and O–H groups in total. The minimum atomic E-state index is -0.980. The molecule has 1 aliphatic rings. The maximum atomic E-state index is 11.0. The second-order valence-electron chi connectivity index (χ2n) is 3.93. The molecule has 2 unspecified atom stereocenters. The van der Waals surface area contributed by atoms with Crippen LogP contribution in [0.1, 0.15) is 12.8 Å². The molecule has 0 saturated carbocycles. The van der Waals surface area contributed by atoms with E-state index in [4.69, 9.17) is 10.8 Å². The largest absolute Gasteiger partial charge is 0.480 e. The fourth-order valence-electron chi connectivity index (χ4n) is 1.52. The van der Waals surface area contributed by atoms with Crippen molar-refractivity contribution in [1.82, 2.24) is 15.5 Å². The molecule has 7 nitrogen and oxygen atoms in total. The number of carbonyl (C=O) groups is 2. The van der Waals surface area contributed by atoms with Crippen LogP contribution in [0.3, 0.4) is 0 Å². The second-order valence-corrected chi connectivity index (χ2v) is 3.93. The summed E-state index contributed by atoms with van der Waals surface area (Å²) in [6, 6.07) is -0.808. The molecular weight excluding hydrogens is 212 g/mol. The van der Waals surface area contributed by atoms with Crippen molar-refractivity contribution in [1.29, 1.82) is 0 Å². The zero-order valence-corrected chi connectivity index (χ0v) is 9.27. The number of nitrogens with two attached hydrogens (primary N) is 1. The molecule has 1 amide bonds. The van der Waals surface area contributed by atoms with Gasteiger partial charge in [0, 0.05) is 0 Å². The Morgan fingerprint density at radius 3 is 3.00 bits per heavy atom. The van der Waals surface area contributed by atoms with E-state index >= 15 is 0 Å². The molecule has 7 heteroatoms. The maximum Gasteiger partial charge on any atom is 0.320 e. The molecular formula is C9H18N4O3. The highest BCUT2D eigenvalue weighted by Gasteiger charge is 2.25. The number of carboxylic acids is 1. The van der Waals surface area contributed by atoms with Crippen LogP contribution < -0.4 is 16.4 Å². The van der Waals surface area contributed by atoms with Crippen LogP contribution >= 0.6 is 0 Å². The van der Waals surface area contributed by atoms with E-state index in [1.54, 1.807) is 0 Å². The molecule has 1 rings (SSSR count). The van der Waals surface area contributed by atoms with Gasteiger partial charge in [0.25, 0.3) is 0 Å². The highest BCUT2D eigenvalue weighted by Crippen LogP contribution is 1.99. The van der Waals surface area contributed by atoms with Gasteiger partial charge in [0.15, 0.2) is 0 Å². The predicted molar refractivity (Wildman–Crippen MR) is 57.4 cm³/mol. The Bertz CT molecular complexity index is 271. The topological polar surface area (TPSA) is 108 Å². The molecule has 1 fully saturated rings. The van der Waals surface area contributed by atoms with Crippen LogP contribution in [0.4, 0.5) is 0 Å². The first-order valence-electron chi connectivity index (χ1n) is 5.22. The molecule has 16 heavy (non-hydrogen) atoms. The van der Waals surface area contributed by atoms with Crippen molar-refractivity contribution >= 4 is 11.9 Å². The summed E-state index contributed by atoms with van der Waals surface area (Å²) in [5.41, 5.74) is 5.35. The number of carbonyl (C=O) groups excluding carboxylic acids is 1. The number of amides is 1. The van der Waals surface area contributed by atoms with Crippen LogP contribution in [0, 0.1) is 0 Å². The van der Waals surface area contributed by atoms with Crippen molar-refractivity contribution in [3.8, 4) is 0 Å². The number of hydrogen-bond acceptors (Lipinski definition) is 5. The maximum absolute atomic E-state index is 11.0. The molecule has 0 spiro atoms. The van der Waals surface area contributed by atoms with Crippen LogP contribution in [-0.2, 0) is 9.59 Å². The highest BCUT2D eigenvalue weighted by molar-refractivity contribution is 5.80. The van der Waals surface area contributed by atoms with E-state index in [9.17, 15) is 9.59 Å². The summed E-state index contributed by atoms with van der Waals surface area (Å²) in [6.45, 7) is 1.00. The molecule has 0 aromatic carbocycles. The Morgan fingerprint density at radius 2 is 2.50 bits per heavy atom. The smallest absolute Gasteiger partial charge is 0.320 e. The summed E-state index contributed by atoms with van der Waals surface area (Å²) >= 11 is 0. The van der Waals surface area contributed by atoms with E-state index in [2.05, 4.69) is 10.6 Å². The molecule has 2 atom stereocenters. The Hall–Kier alpha value is -1.18. The number of aliphatic carboxylic acids is 1. The molecule has 0 aliphatic carbocycles. The molecule has 0 bridgehead atoms. The summed E-state index contributed by atoms with van der Waals surface area (Å²) in [5, 5.41) is 14.4. The van der Waals surface area contributed by atoms with Crippen molar-refractivity contribution in [3.63, 3.8) is 0 Å². The Kier molecular flexibility index (Phi) is 4.66. The third kappa shape index (κ3) is 3.76. The normalized spacial score (nSPS) is 23.1. The molecule has 0 aromatic heterocycles. The van der Waals surface area contributed by atoms with E-state index < -0.39 is 12.0 Å². The molecule has 1 heterocycles. The number of nitrogens with one attached hydrogen (secondary N) is 2. The lowest BCUT2D eigenvalue weighted by Crippen LogP contribution is -2.47. The third-order valence-electron chi connectivity index (χ3n) is 2.48. The number of likely N-dealkylation sites (N-methyl/N-ethyl adjacent to an activating group) is 1. The Labute approximate surface area is 94.0 Å². The van der Waals surface area contributed by atoms with Gasteiger partial charge in [-0.25, -0.2) is 0 Å². The summed E-state index contributed by atoms with van der Waals surface area (Å²) in [6.07, 6.45) is 0.925. The standard InChI is InChI=1S/C9H18N4O3/c1-13-5-7(14)12-9(13)11-4-2-3-6(10)8(15)16/h6,9,11H,2-5,10H2,1H3,(H,12,14)(H,15,16).